The third-order valence-corrected chi connectivity index (χ3v) is 3.69. The summed E-state index contributed by atoms with van der Waals surface area (Å²) in [6.45, 7) is 0.725. The molecule has 0 amide bonds. The van der Waals surface area contributed by atoms with Crippen molar-refractivity contribution in [3.63, 3.8) is 0 Å². The molecule has 6 heteroatoms. The number of nitrogens with zero attached hydrogens (tertiary/aromatic N) is 3. The van der Waals surface area contributed by atoms with E-state index >= 15 is 0 Å². The standard InChI is InChI=1S/C13H17N5O/c19-11-6-9(13-16-8-17-18-13)5-10(11)7-15-12-3-1-2-4-14-12/h1-4,8-11,19H,5-7H2,(H,14,15)(H,16,17,18)/t9-,10+,11+/m1/s1. The molecular formula is C13H17N5O. The number of aliphatic hydroxyl groups excluding tert-OH is 1. The van der Waals surface area contributed by atoms with Gasteiger partial charge in [0, 0.05) is 24.6 Å². The summed E-state index contributed by atoms with van der Waals surface area (Å²) in [5.41, 5.74) is 0. The largest absolute Gasteiger partial charge is 0.393 e. The molecule has 100 valence electrons. The van der Waals surface area contributed by atoms with Crippen LogP contribution in [0.15, 0.2) is 30.7 Å². The molecule has 0 saturated heterocycles. The number of aromatic nitrogens is 4. The Morgan fingerprint density at radius 2 is 2.26 bits per heavy atom. The van der Waals surface area contributed by atoms with Crippen molar-refractivity contribution in [2.45, 2.75) is 24.9 Å². The minimum atomic E-state index is -0.300. The van der Waals surface area contributed by atoms with E-state index in [1.807, 2.05) is 18.2 Å². The van der Waals surface area contributed by atoms with Gasteiger partial charge in [0.15, 0.2) is 0 Å². The maximum Gasteiger partial charge on any atom is 0.137 e. The van der Waals surface area contributed by atoms with Gasteiger partial charge in [0.2, 0.25) is 0 Å². The van der Waals surface area contributed by atoms with Crippen LogP contribution in [0.25, 0.3) is 0 Å². The molecule has 6 nitrogen and oxygen atoms in total. The molecule has 2 heterocycles. The van der Waals surface area contributed by atoms with Crippen molar-refractivity contribution >= 4 is 5.82 Å². The van der Waals surface area contributed by atoms with Crippen molar-refractivity contribution in [3.8, 4) is 0 Å². The number of anilines is 1. The highest BCUT2D eigenvalue weighted by molar-refractivity contribution is 5.33. The van der Waals surface area contributed by atoms with Crippen molar-refractivity contribution in [1.82, 2.24) is 20.2 Å². The fraction of sp³-hybridized carbons (Fsp3) is 0.462. The molecule has 3 rings (SSSR count). The molecule has 2 aromatic rings. The Hall–Kier alpha value is -1.95. The quantitative estimate of drug-likeness (QED) is 0.767. The first-order valence-corrected chi connectivity index (χ1v) is 6.51. The lowest BCUT2D eigenvalue weighted by Crippen LogP contribution is -2.22. The van der Waals surface area contributed by atoms with Crippen molar-refractivity contribution in [3.05, 3.63) is 36.5 Å². The van der Waals surface area contributed by atoms with Crippen LogP contribution in [-0.4, -0.2) is 37.9 Å². The number of H-pyrrole nitrogens is 1. The number of nitrogens with one attached hydrogen (secondary N) is 2. The highest BCUT2D eigenvalue weighted by atomic mass is 16.3. The summed E-state index contributed by atoms with van der Waals surface area (Å²) in [7, 11) is 0. The summed E-state index contributed by atoms with van der Waals surface area (Å²) in [6.07, 6.45) is 4.62. The Morgan fingerprint density at radius 1 is 1.32 bits per heavy atom. The van der Waals surface area contributed by atoms with Crippen molar-refractivity contribution in [2.75, 3.05) is 11.9 Å². The average molecular weight is 259 g/mol. The van der Waals surface area contributed by atoms with Crippen LogP contribution < -0.4 is 5.32 Å². The second-order valence-electron chi connectivity index (χ2n) is 4.96. The first kappa shape index (κ1) is 12.1. The van der Waals surface area contributed by atoms with Crippen LogP contribution in [0, 0.1) is 5.92 Å². The van der Waals surface area contributed by atoms with Gasteiger partial charge in [-0.15, -0.1) is 0 Å². The third-order valence-electron chi connectivity index (χ3n) is 3.69. The van der Waals surface area contributed by atoms with Crippen LogP contribution in [0.1, 0.15) is 24.6 Å². The van der Waals surface area contributed by atoms with E-state index in [1.165, 1.54) is 6.33 Å². The lowest BCUT2D eigenvalue weighted by molar-refractivity contribution is 0.137. The topological polar surface area (TPSA) is 86.7 Å². The number of aliphatic hydroxyl groups is 1. The van der Waals surface area contributed by atoms with Crippen molar-refractivity contribution in [2.24, 2.45) is 5.92 Å². The number of hydrogen-bond acceptors (Lipinski definition) is 5. The minimum absolute atomic E-state index is 0.220. The number of pyridine rings is 1. The second-order valence-corrected chi connectivity index (χ2v) is 4.96. The summed E-state index contributed by atoms with van der Waals surface area (Å²) in [5.74, 6) is 2.21. The lowest BCUT2D eigenvalue weighted by atomic mass is 10.0. The molecule has 1 saturated carbocycles. The summed E-state index contributed by atoms with van der Waals surface area (Å²) in [5, 5.41) is 20.1. The van der Waals surface area contributed by atoms with Gasteiger partial charge in [-0.25, -0.2) is 9.97 Å². The fourth-order valence-electron chi connectivity index (χ4n) is 2.66. The fourth-order valence-corrected chi connectivity index (χ4v) is 2.66. The zero-order chi connectivity index (χ0) is 13.1. The van der Waals surface area contributed by atoms with E-state index in [-0.39, 0.29) is 17.9 Å². The zero-order valence-electron chi connectivity index (χ0n) is 10.5. The van der Waals surface area contributed by atoms with Gasteiger partial charge in [-0.2, -0.15) is 5.10 Å². The van der Waals surface area contributed by atoms with Crippen molar-refractivity contribution < 1.29 is 5.11 Å². The molecule has 0 radical (unpaired) electrons. The summed E-state index contributed by atoms with van der Waals surface area (Å²) in [4.78, 5) is 8.39. The van der Waals surface area contributed by atoms with Gasteiger partial charge in [-0.1, -0.05) is 6.07 Å². The molecule has 0 aromatic carbocycles. The predicted octanol–water partition coefficient (Wildman–Crippen LogP) is 1.17. The van der Waals surface area contributed by atoms with E-state index in [0.29, 0.717) is 0 Å². The molecule has 3 atom stereocenters. The van der Waals surface area contributed by atoms with E-state index < -0.39 is 0 Å². The van der Waals surface area contributed by atoms with E-state index in [9.17, 15) is 5.11 Å². The maximum atomic E-state index is 10.1. The second kappa shape index (κ2) is 5.36. The number of aromatic amines is 1. The Bertz CT molecular complexity index is 501. The molecule has 3 N–H and O–H groups in total. The Labute approximate surface area is 111 Å². The molecule has 1 fully saturated rings. The highest BCUT2D eigenvalue weighted by Crippen LogP contribution is 2.36. The van der Waals surface area contributed by atoms with Crippen LogP contribution in [0.5, 0.6) is 0 Å². The van der Waals surface area contributed by atoms with Gasteiger partial charge in [-0.05, 0) is 25.0 Å². The third kappa shape index (κ3) is 2.73. The lowest BCUT2D eigenvalue weighted by Gasteiger charge is -2.15. The molecule has 0 spiro atoms. The van der Waals surface area contributed by atoms with Gasteiger partial charge < -0.3 is 10.4 Å². The minimum Gasteiger partial charge on any atom is -0.393 e. The van der Waals surface area contributed by atoms with Gasteiger partial charge in [-0.3, -0.25) is 5.10 Å². The highest BCUT2D eigenvalue weighted by Gasteiger charge is 2.34. The molecule has 1 aliphatic rings. The van der Waals surface area contributed by atoms with E-state index in [2.05, 4.69) is 25.5 Å². The molecule has 2 aromatic heterocycles. The van der Waals surface area contributed by atoms with Crippen LogP contribution >= 0.6 is 0 Å². The summed E-state index contributed by atoms with van der Waals surface area (Å²) < 4.78 is 0. The first-order chi connectivity index (χ1) is 9.33. The predicted molar refractivity (Wildman–Crippen MR) is 70.6 cm³/mol. The normalized spacial score (nSPS) is 26.5. The first-order valence-electron chi connectivity index (χ1n) is 6.51. The van der Waals surface area contributed by atoms with Crippen molar-refractivity contribution in [1.29, 1.82) is 0 Å². The Kier molecular flexibility index (Phi) is 3.41. The van der Waals surface area contributed by atoms with Crippen LogP contribution in [0.3, 0.4) is 0 Å². The molecule has 0 bridgehead atoms. The molecular weight excluding hydrogens is 242 g/mol. The van der Waals surface area contributed by atoms with Gasteiger partial charge in [0.05, 0.1) is 6.10 Å². The van der Waals surface area contributed by atoms with E-state index in [0.717, 1.165) is 31.0 Å². The maximum absolute atomic E-state index is 10.1. The SMILES string of the molecule is O[C@H]1C[C@H](c2ncn[nH]2)C[C@H]1CNc1ccccn1. The van der Waals surface area contributed by atoms with E-state index in [4.69, 9.17) is 0 Å². The Morgan fingerprint density at radius 3 is 3.00 bits per heavy atom. The summed E-state index contributed by atoms with van der Waals surface area (Å²) >= 11 is 0. The molecule has 0 unspecified atom stereocenters. The van der Waals surface area contributed by atoms with Crippen LogP contribution in [0.4, 0.5) is 5.82 Å². The molecule has 19 heavy (non-hydrogen) atoms. The van der Waals surface area contributed by atoms with Crippen LogP contribution in [0.2, 0.25) is 0 Å². The van der Waals surface area contributed by atoms with E-state index in [1.54, 1.807) is 6.20 Å². The smallest absolute Gasteiger partial charge is 0.137 e. The zero-order valence-corrected chi connectivity index (χ0v) is 10.5. The monoisotopic (exact) mass is 259 g/mol. The summed E-state index contributed by atoms with van der Waals surface area (Å²) in [6, 6.07) is 5.75. The van der Waals surface area contributed by atoms with Gasteiger partial charge >= 0.3 is 0 Å². The van der Waals surface area contributed by atoms with Crippen LogP contribution in [-0.2, 0) is 0 Å². The van der Waals surface area contributed by atoms with Gasteiger partial charge in [0.1, 0.15) is 18.0 Å². The Balaban J connectivity index is 1.57. The number of hydrogen-bond donors (Lipinski definition) is 3. The van der Waals surface area contributed by atoms with Gasteiger partial charge in [0.25, 0.3) is 0 Å². The molecule has 1 aliphatic carbocycles. The number of rotatable bonds is 4. The molecule has 0 aliphatic heterocycles. The average Bonchev–Trinajstić information content (AvgIpc) is 3.07.